The Labute approximate surface area is 103 Å². The fraction of sp³-hybridized carbons (Fsp3) is 0.500. The van der Waals surface area contributed by atoms with Gasteiger partial charge in [0, 0.05) is 5.54 Å². The van der Waals surface area contributed by atoms with Gasteiger partial charge in [-0.1, -0.05) is 19.1 Å². The van der Waals surface area contributed by atoms with Crippen molar-refractivity contribution in [2.75, 3.05) is 6.61 Å². The minimum absolute atomic E-state index is 0.0583. The van der Waals surface area contributed by atoms with Crippen molar-refractivity contribution in [3.63, 3.8) is 0 Å². The van der Waals surface area contributed by atoms with Crippen molar-refractivity contribution < 1.29 is 9.53 Å². The molecule has 0 aliphatic rings. The highest BCUT2D eigenvalue weighted by molar-refractivity contribution is 5.78. The zero-order valence-electron chi connectivity index (χ0n) is 11.0. The Kier molecular flexibility index (Phi) is 4.55. The lowest BCUT2D eigenvalue weighted by Gasteiger charge is -2.20. The predicted octanol–water partition coefficient (Wildman–Crippen LogP) is 2.54. The molecule has 0 fully saturated rings. The van der Waals surface area contributed by atoms with E-state index in [1.165, 1.54) is 5.56 Å². The quantitative estimate of drug-likeness (QED) is 0.871. The van der Waals surface area contributed by atoms with Crippen LogP contribution in [0.1, 0.15) is 33.3 Å². The molecule has 1 N–H and O–H groups in total. The fourth-order valence-electron chi connectivity index (χ4n) is 1.42. The van der Waals surface area contributed by atoms with Crippen molar-refractivity contribution in [1.82, 2.24) is 5.32 Å². The molecule has 0 aromatic heterocycles. The molecular formula is C14H21NO2. The Balaban J connectivity index is 2.42. The van der Waals surface area contributed by atoms with E-state index in [0.29, 0.717) is 0 Å². The zero-order chi connectivity index (χ0) is 12.9. The van der Waals surface area contributed by atoms with E-state index in [4.69, 9.17) is 4.74 Å². The highest BCUT2D eigenvalue weighted by Crippen LogP contribution is 2.12. The zero-order valence-corrected chi connectivity index (χ0v) is 11.0. The van der Waals surface area contributed by atoms with Crippen LogP contribution < -0.4 is 10.1 Å². The first-order valence-electron chi connectivity index (χ1n) is 5.93. The summed E-state index contributed by atoms with van der Waals surface area (Å²) >= 11 is 0. The van der Waals surface area contributed by atoms with Crippen LogP contribution in [0.15, 0.2) is 24.3 Å². The van der Waals surface area contributed by atoms with E-state index in [-0.39, 0.29) is 18.1 Å². The summed E-state index contributed by atoms with van der Waals surface area (Å²) in [6.07, 6.45) is 1.00. The SMILES string of the molecule is CCc1ccc(OCC(=O)NC(C)(C)C)cc1. The number of carbonyl (C=O) groups is 1. The van der Waals surface area contributed by atoms with Crippen molar-refractivity contribution in [3.8, 4) is 5.75 Å². The summed E-state index contributed by atoms with van der Waals surface area (Å²) in [5.41, 5.74) is 1.04. The molecule has 0 aliphatic carbocycles. The molecule has 3 nitrogen and oxygen atoms in total. The normalized spacial score (nSPS) is 11.1. The molecule has 94 valence electrons. The van der Waals surface area contributed by atoms with Crippen molar-refractivity contribution in [1.29, 1.82) is 0 Å². The van der Waals surface area contributed by atoms with Crippen LogP contribution in [0, 0.1) is 0 Å². The van der Waals surface area contributed by atoms with E-state index in [1.54, 1.807) is 0 Å². The maximum atomic E-state index is 11.5. The lowest BCUT2D eigenvalue weighted by atomic mass is 10.1. The van der Waals surface area contributed by atoms with Gasteiger partial charge in [-0.25, -0.2) is 0 Å². The molecule has 1 aromatic rings. The molecule has 0 saturated heterocycles. The van der Waals surface area contributed by atoms with Gasteiger partial charge >= 0.3 is 0 Å². The number of ether oxygens (including phenoxy) is 1. The minimum Gasteiger partial charge on any atom is -0.484 e. The topological polar surface area (TPSA) is 38.3 Å². The molecule has 0 radical (unpaired) electrons. The molecule has 0 heterocycles. The molecule has 17 heavy (non-hydrogen) atoms. The van der Waals surface area contributed by atoms with E-state index >= 15 is 0 Å². The fourth-order valence-corrected chi connectivity index (χ4v) is 1.42. The number of hydrogen-bond donors (Lipinski definition) is 1. The summed E-state index contributed by atoms with van der Waals surface area (Å²) in [4.78, 5) is 11.5. The molecule has 3 heteroatoms. The van der Waals surface area contributed by atoms with E-state index in [9.17, 15) is 4.79 Å². The number of benzene rings is 1. The highest BCUT2D eigenvalue weighted by Gasteiger charge is 2.13. The Bertz CT molecular complexity index is 363. The van der Waals surface area contributed by atoms with Gasteiger partial charge in [-0.2, -0.15) is 0 Å². The molecule has 1 rings (SSSR count). The monoisotopic (exact) mass is 235 g/mol. The summed E-state index contributed by atoms with van der Waals surface area (Å²) in [5.74, 6) is 0.628. The molecule has 0 bridgehead atoms. The van der Waals surface area contributed by atoms with Crippen molar-refractivity contribution in [3.05, 3.63) is 29.8 Å². The second kappa shape index (κ2) is 5.71. The predicted molar refractivity (Wildman–Crippen MR) is 69.2 cm³/mol. The second-order valence-electron chi connectivity index (χ2n) is 5.08. The van der Waals surface area contributed by atoms with Crippen LogP contribution in [0.4, 0.5) is 0 Å². The van der Waals surface area contributed by atoms with Crippen LogP contribution in [0.25, 0.3) is 0 Å². The lowest BCUT2D eigenvalue weighted by Crippen LogP contribution is -2.43. The van der Waals surface area contributed by atoms with Gasteiger partial charge in [0.05, 0.1) is 0 Å². The number of hydrogen-bond acceptors (Lipinski definition) is 2. The first-order valence-corrected chi connectivity index (χ1v) is 5.93. The largest absolute Gasteiger partial charge is 0.484 e. The molecule has 0 spiro atoms. The summed E-state index contributed by atoms with van der Waals surface area (Å²) in [6.45, 7) is 8.00. The lowest BCUT2D eigenvalue weighted by molar-refractivity contribution is -0.124. The Morgan fingerprint density at radius 1 is 1.24 bits per heavy atom. The van der Waals surface area contributed by atoms with Gasteiger partial charge in [-0.05, 0) is 44.9 Å². The molecule has 0 unspecified atom stereocenters. The summed E-state index contributed by atoms with van der Waals surface area (Å²) in [7, 11) is 0. The van der Waals surface area contributed by atoms with Crippen molar-refractivity contribution >= 4 is 5.91 Å². The highest BCUT2D eigenvalue weighted by atomic mass is 16.5. The Hall–Kier alpha value is -1.51. The van der Waals surface area contributed by atoms with Crippen LogP contribution >= 0.6 is 0 Å². The Morgan fingerprint density at radius 3 is 2.29 bits per heavy atom. The first-order chi connectivity index (χ1) is 7.90. The van der Waals surface area contributed by atoms with Gasteiger partial charge in [0.25, 0.3) is 5.91 Å². The summed E-state index contributed by atoms with van der Waals surface area (Å²) in [6, 6.07) is 7.81. The minimum atomic E-state index is -0.216. The third-order valence-electron chi connectivity index (χ3n) is 2.22. The first kappa shape index (κ1) is 13.6. The van der Waals surface area contributed by atoms with Crippen LogP contribution in [0.5, 0.6) is 5.75 Å². The number of nitrogens with one attached hydrogen (secondary N) is 1. The van der Waals surface area contributed by atoms with Gasteiger partial charge in [0.2, 0.25) is 0 Å². The smallest absolute Gasteiger partial charge is 0.258 e. The van der Waals surface area contributed by atoms with Gasteiger partial charge in [-0.15, -0.1) is 0 Å². The second-order valence-corrected chi connectivity index (χ2v) is 5.08. The number of carbonyl (C=O) groups excluding carboxylic acids is 1. The molecule has 0 atom stereocenters. The standard InChI is InChI=1S/C14H21NO2/c1-5-11-6-8-12(9-7-11)17-10-13(16)15-14(2,3)4/h6-9H,5,10H2,1-4H3,(H,15,16). The van der Waals surface area contributed by atoms with E-state index in [0.717, 1.165) is 12.2 Å². The number of aryl methyl sites for hydroxylation is 1. The van der Waals surface area contributed by atoms with Crippen molar-refractivity contribution in [2.45, 2.75) is 39.7 Å². The molecular weight excluding hydrogens is 214 g/mol. The Morgan fingerprint density at radius 2 is 1.82 bits per heavy atom. The van der Waals surface area contributed by atoms with Gasteiger partial charge in [0.1, 0.15) is 5.75 Å². The molecule has 0 aliphatic heterocycles. The van der Waals surface area contributed by atoms with E-state index in [1.807, 2.05) is 45.0 Å². The molecule has 0 saturated carbocycles. The third kappa shape index (κ3) is 5.38. The molecule has 1 aromatic carbocycles. The third-order valence-corrected chi connectivity index (χ3v) is 2.22. The summed E-state index contributed by atoms with van der Waals surface area (Å²) < 4.78 is 5.40. The van der Waals surface area contributed by atoms with Crippen molar-refractivity contribution in [2.24, 2.45) is 0 Å². The number of rotatable bonds is 4. The number of amides is 1. The van der Waals surface area contributed by atoms with Gasteiger partial charge in [0.15, 0.2) is 6.61 Å². The molecule has 1 amide bonds. The average molecular weight is 235 g/mol. The van der Waals surface area contributed by atoms with Crippen LogP contribution in [-0.2, 0) is 11.2 Å². The maximum Gasteiger partial charge on any atom is 0.258 e. The van der Waals surface area contributed by atoms with Crippen LogP contribution in [0.3, 0.4) is 0 Å². The van der Waals surface area contributed by atoms with E-state index in [2.05, 4.69) is 12.2 Å². The van der Waals surface area contributed by atoms with Gasteiger partial charge in [-0.3, -0.25) is 4.79 Å². The van der Waals surface area contributed by atoms with Gasteiger partial charge < -0.3 is 10.1 Å². The van der Waals surface area contributed by atoms with Crippen LogP contribution in [-0.4, -0.2) is 18.1 Å². The summed E-state index contributed by atoms with van der Waals surface area (Å²) in [5, 5.41) is 2.85. The average Bonchev–Trinajstić information content (AvgIpc) is 2.25. The van der Waals surface area contributed by atoms with Crippen LogP contribution in [0.2, 0.25) is 0 Å². The van der Waals surface area contributed by atoms with E-state index < -0.39 is 0 Å². The maximum absolute atomic E-state index is 11.5.